The van der Waals surface area contributed by atoms with Gasteiger partial charge >= 0.3 is 0 Å². The van der Waals surface area contributed by atoms with E-state index < -0.39 is 6.04 Å². The van der Waals surface area contributed by atoms with Crippen molar-refractivity contribution in [1.82, 2.24) is 15.0 Å². The number of rotatable bonds is 6. The van der Waals surface area contributed by atoms with Gasteiger partial charge in [0.2, 0.25) is 0 Å². The van der Waals surface area contributed by atoms with Crippen LogP contribution in [0.5, 0.6) is 5.75 Å². The number of Topliss-reactive ketones (excluding diaryl/α,β-unsaturated/α-hetero) is 1. The predicted octanol–water partition coefficient (Wildman–Crippen LogP) is 5.16. The lowest BCUT2D eigenvalue weighted by atomic mass is 9.96. The molecule has 2 N–H and O–H groups in total. The number of hydrogen-bond acceptors (Lipinski definition) is 5. The number of hydrogen-bond donors (Lipinski definition) is 2. The Bertz CT molecular complexity index is 1390. The molecular weight excluding hydrogens is 388 g/mol. The quantitative estimate of drug-likeness (QED) is 0.380. The highest BCUT2D eigenvalue weighted by atomic mass is 16.5. The van der Waals surface area contributed by atoms with Crippen molar-refractivity contribution in [2.24, 2.45) is 0 Å². The molecule has 0 amide bonds. The van der Waals surface area contributed by atoms with E-state index in [1.54, 1.807) is 25.7 Å². The van der Waals surface area contributed by atoms with E-state index in [0.717, 1.165) is 33.2 Å². The first kappa shape index (κ1) is 18.8. The van der Waals surface area contributed by atoms with Crippen molar-refractivity contribution in [3.8, 4) is 5.75 Å². The Labute approximate surface area is 178 Å². The highest BCUT2D eigenvalue weighted by Crippen LogP contribution is 2.30. The summed E-state index contributed by atoms with van der Waals surface area (Å²) in [5, 5.41) is 4.29. The number of anilines is 1. The summed E-state index contributed by atoms with van der Waals surface area (Å²) in [6, 6.07) is 20.4. The molecule has 0 aliphatic heterocycles. The van der Waals surface area contributed by atoms with E-state index in [0.29, 0.717) is 11.3 Å². The Morgan fingerprint density at radius 1 is 0.968 bits per heavy atom. The number of carbonyl (C=O) groups excluding carboxylic acids is 1. The zero-order valence-corrected chi connectivity index (χ0v) is 16.9. The van der Waals surface area contributed by atoms with E-state index in [1.807, 2.05) is 66.7 Å². The van der Waals surface area contributed by atoms with Crippen molar-refractivity contribution in [2.45, 2.75) is 6.04 Å². The lowest BCUT2D eigenvalue weighted by Crippen LogP contribution is -2.21. The minimum absolute atomic E-state index is 0.0384. The fourth-order valence-electron chi connectivity index (χ4n) is 3.77. The van der Waals surface area contributed by atoms with Crippen LogP contribution in [0.3, 0.4) is 0 Å². The molecule has 31 heavy (non-hydrogen) atoms. The molecule has 5 rings (SSSR count). The lowest BCUT2D eigenvalue weighted by Gasteiger charge is -2.20. The van der Waals surface area contributed by atoms with Gasteiger partial charge in [0.1, 0.15) is 11.8 Å². The zero-order valence-electron chi connectivity index (χ0n) is 16.9. The molecule has 3 aromatic carbocycles. The molecule has 1 atom stereocenters. The first-order valence-corrected chi connectivity index (χ1v) is 9.94. The Morgan fingerprint density at radius 2 is 1.81 bits per heavy atom. The third-order valence-electron chi connectivity index (χ3n) is 5.32. The predicted molar refractivity (Wildman–Crippen MR) is 122 cm³/mol. The van der Waals surface area contributed by atoms with Crippen LogP contribution in [0.2, 0.25) is 0 Å². The number of fused-ring (bicyclic) bond motifs is 2. The van der Waals surface area contributed by atoms with Crippen molar-refractivity contribution in [2.75, 3.05) is 12.4 Å². The van der Waals surface area contributed by atoms with Crippen LogP contribution in [0.25, 0.3) is 21.9 Å². The van der Waals surface area contributed by atoms with E-state index in [2.05, 4.69) is 20.3 Å². The molecule has 2 aromatic heterocycles. The molecule has 0 aliphatic rings. The van der Waals surface area contributed by atoms with Gasteiger partial charge in [-0.2, -0.15) is 0 Å². The van der Waals surface area contributed by atoms with Crippen molar-refractivity contribution in [1.29, 1.82) is 0 Å². The number of nitrogens with zero attached hydrogens (tertiary/aromatic N) is 2. The van der Waals surface area contributed by atoms with Crippen molar-refractivity contribution < 1.29 is 9.53 Å². The number of aromatic nitrogens is 3. The second-order valence-corrected chi connectivity index (χ2v) is 7.23. The Hall–Kier alpha value is -4.19. The molecule has 0 spiro atoms. The number of methoxy groups -OCH3 is 1. The van der Waals surface area contributed by atoms with Gasteiger partial charge in [-0.1, -0.05) is 30.3 Å². The van der Waals surface area contributed by atoms with Gasteiger partial charge in [0, 0.05) is 46.8 Å². The van der Waals surface area contributed by atoms with Gasteiger partial charge in [0.15, 0.2) is 5.78 Å². The lowest BCUT2D eigenvalue weighted by molar-refractivity contribution is 0.0971. The fraction of sp³-hybridized carbons (Fsp3) is 0.0800. The number of aromatic amines is 1. The average molecular weight is 408 g/mol. The van der Waals surface area contributed by atoms with Crippen LogP contribution >= 0.6 is 0 Å². The van der Waals surface area contributed by atoms with Crippen LogP contribution in [0.1, 0.15) is 22.0 Å². The molecule has 0 saturated carbocycles. The minimum Gasteiger partial charge on any atom is -0.497 e. The van der Waals surface area contributed by atoms with Crippen molar-refractivity contribution >= 4 is 33.4 Å². The number of carbonyl (C=O) groups is 1. The molecule has 0 bridgehead atoms. The maximum absolute atomic E-state index is 13.8. The fourth-order valence-corrected chi connectivity index (χ4v) is 3.77. The molecule has 0 saturated heterocycles. The Kier molecular flexibility index (Phi) is 4.80. The summed E-state index contributed by atoms with van der Waals surface area (Å²) in [6.45, 7) is 0. The Morgan fingerprint density at radius 3 is 2.68 bits per heavy atom. The monoisotopic (exact) mass is 408 g/mol. The van der Waals surface area contributed by atoms with Gasteiger partial charge in [-0.05, 0) is 35.9 Å². The first-order chi connectivity index (χ1) is 15.2. The summed E-state index contributed by atoms with van der Waals surface area (Å²) < 4.78 is 5.34. The molecule has 6 nitrogen and oxygen atoms in total. The molecular formula is C25H20N4O2. The standard InChI is InChI=1S/C25H20N4O2/c1-31-18-6-4-5-17(14-18)29-24(16-9-10-22-23(13-16)27-12-11-26-22)25(30)20-15-28-21-8-3-2-7-19(20)21/h2-15,24,28-29H,1H3. The molecule has 0 fully saturated rings. The van der Waals surface area contributed by atoms with Crippen LogP contribution < -0.4 is 10.1 Å². The molecule has 0 radical (unpaired) electrons. The van der Waals surface area contributed by atoms with Gasteiger partial charge in [0.25, 0.3) is 0 Å². The number of ketones is 1. The molecule has 2 heterocycles. The topological polar surface area (TPSA) is 79.9 Å². The Balaban J connectivity index is 1.61. The zero-order chi connectivity index (χ0) is 21.2. The average Bonchev–Trinajstić information content (AvgIpc) is 3.26. The van der Waals surface area contributed by atoms with E-state index in [1.165, 1.54) is 0 Å². The summed E-state index contributed by atoms with van der Waals surface area (Å²) >= 11 is 0. The largest absolute Gasteiger partial charge is 0.497 e. The van der Waals surface area contributed by atoms with Crippen LogP contribution in [-0.2, 0) is 0 Å². The SMILES string of the molecule is COc1cccc(NC(C(=O)c2c[nH]c3ccccc23)c2ccc3nccnc3c2)c1. The van der Waals surface area contributed by atoms with Gasteiger partial charge in [-0.3, -0.25) is 14.8 Å². The molecule has 152 valence electrons. The highest BCUT2D eigenvalue weighted by molar-refractivity contribution is 6.11. The summed E-state index contributed by atoms with van der Waals surface area (Å²) in [5.74, 6) is 0.677. The van der Waals surface area contributed by atoms with Gasteiger partial charge in [0.05, 0.1) is 18.1 Å². The van der Waals surface area contributed by atoms with Crippen molar-refractivity contribution in [3.05, 3.63) is 96.4 Å². The maximum Gasteiger partial charge on any atom is 0.191 e. The number of ether oxygens (including phenoxy) is 1. The first-order valence-electron chi connectivity index (χ1n) is 9.94. The van der Waals surface area contributed by atoms with E-state index in [4.69, 9.17) is 4.74 Å². The molecule has 0 aliphatic carbocycles. The third-order valence-corrected chi connectivity index (χ3v) is 5.32. The second-order valence-electron chi connectivity index (χ2n) is 7.23. The van der Waals surface area contributed by atoms with Gasteiger partial charge in [-0.25, -0.2) is 0 Å². The van der Waals surface area contributed by atoms with Gasteiger partial charge in [-0.15, -0.1) is 0 Å². The summed E-state index contributed by atoms with van der Waals surface area (Å²) in [4.78, 5) is 25.7. The van der Waals surface area contributed by atoms with Crippen LogP contribution in [0.15, 0.2) is 85.3 Å². The van der Waals surface area contributed by atoms with Crippen molar-refractivity contribution in [3.63, 3.8) is 0 Å². The highest BCUT2D eigenvalue weighted by Gasteiger charge is 2.25. The molecule has 1 unspecified atom stereocenters. The third kappa shape index (κ3) is 3.59. The summed E-state index contributed by atoms with van der Waals surface area (Å²) in [7, 11) is 1.62. The summed E-state index contributed by atoms with van der Waals surface area (Å²) in [6.07, 6.45) is 5.08. The number of nitrogens with one attached hydrogen (secondary N) is 2. The van der Waals surface area contributed by atoms with Crippen LogP contribution in [0, 0.1) is 0 Å². The second kappa shape index (κ2) is 7.91. The maximum atomic E-state index is 13.8. The molecule has 6 heteroatoms. The smallest absolute Gasteiger partial charge is 0.191 e. The number of para-hydroxylation sites is 1. The van der Waals surface area contributed by atoms with Gasteiger partial charge < -0.3 is 15.0 Å². The van der Waals surface area contributed by atoms with Crippen LogP contribution in [-0.4, -0.2) is 27.8 Å². The van der Waals surface area contributed by atoms with E-state index >= 15 is 0 Å². The minimum atomic E-state index is -0.613. The summed E-state index contributed by atoms with van der Waals surface area (Å²) in [5.41, 5.74) is 4.68. The normalized spacial score (nSPS) is 12.0. The number of benzene rings is 3. The molecule has 5 aromatic rings. The number of H-pyrrole nitrogens is 1. The van der Waals surface area contributed by atoms with Crippen LogP contribution in [0.4, 0.5) is 5.69 Å². The van der Waals surface area contributed by atoms with E-state index in [9.17, 15) is 4.79 Å². The van der Waals surface area contributed by atoms with E-state index in [-0.39, 0.29) is 5.78 Å².